The lowest BCUT2D eigenvalue weighted by Gasteiger charge is -2.38. The molecule has 0 atom stereocenters. The fourth-order valence-corrected chi connectivity index (χ4v) is 3.10. The molecule has 0 fully saturated rings. The van der Waals surface area contributed by atoms with Crippen LogP contribution in [0.15, 0.2) is 11.1 Å². The zero-order valence-electron chi connectivity index (χ0n) is 11.6. The van der Waals surface area contributed by atoms with E-state index in [1.54, 1.807) is 0 Å². The zero-order chi connectivity index (χ0) is 13.3. The number of hydrogen-bond acceptors (Lipinski definition) is 1. The van der Waals surface area contributed by atoms with E-state index < -0.39 is 8.32 Å². The summed E-state index contributed by atoms with van der Waals surface area (Å²) in [4.78, 5) is 0. The molecule has 0 aromatic rings. The molecule has 17 heavy (non-hydrogen) atoms. The summed E-state index contributed by atoms with van der Waals surface area (Å²) in [6, 6.07) is 0. The first-order valence-corrected chi connectivity index (χ1v) is 8.95. The monoisotopic (exact) mass is 246 g/mol. The summed E-state index contributed by atoms with van der Waals surface area (Å²) in [7, 11) is -1.72. The Hall–Kier alpha value is -0.963. The van der Waals surface area contributed by atoms with Gasteiger partial charge in [0.2, 0.25) is 0 Å². The van der Waals surface area contributed by atoms with E-state index in [9.17, 15) is 0 Å². The molecule has 0 aliphatic heterocycles. The molecule has 92 valence electrons. The van der Waals surface area contributed by atoms with E-state index in [-0.39, 0.29) is 11.1 Å². The summed E-state index contributed by atoms with van der Waals surface area (Å²) in [6.45, 7) is 11.2. The smallest absolute Gasteiger partial charge is 0.192 e. The summed E-state index contributed by atoms with van der Waals surface area (Å²) >= 11 is 0. The van der Waals surface area contributed by atoms with Crippen molar-refractivity contribution < 1.29 is 4.43 Å². The molecule has 2 heteroatoms. The van der Waals surface area contributed by atoms with Crippen LogP contribution in [0.5, 0.6) is 0 Å². The molecular formula is C15H22OSi. The SMILES string of the molecule is C#CC1=C(C#C)CC(O[Si](C)(C)C(C)(C)C)C1. The molecule has 0 N–H and O–H groups in total. The molecule has 0 amide bonds. The van der Waals surface area contributed by atoms with E-state index in [4.69, 9.17) is 17.3 Å². The Morgan fingerprint density at radius 2 is 1.53 bits per heavy atom. The van der Waals surface area contributed by atoms with Gasteiger partial charge in [0.15, 0.2) is 8.32 Å². The molecule has 1 rings (SSSR count). The van der Waals surface area contributed by atoms with Crippen LogP contribution in [0.2, 0.25) is 18.1 Å². The summed E-state index contributed by atoms with van der Waals surface area (Å²) in [5.41, 5.74) is 1.91. The van der Waals surface area contributed by atoms with E-state index in [0.29, 0.717) is 0 Å². The van der Waals surface area contributed by atoms with E-state index in [1.807, 2.05) is 0 Å². The van der Waals surface area contributed by atoms with Crippen LogP contribution < -0.4 is 0 Å². The standard InChI is InChI=1S/C15H22OSi/c1-8-12-10-14(11-13(12)9-2)16-17(6,7)15(3,4)5/h1-2,14H,10-11H2,3-7H3. The van der Waals surface area contributed by atoms with Crippen molar-refractivity contribution in [3.05, 3.63) is 11.1 Å². The van der Waals surface area contributed by atoms with Crippen LogP contribution in [0, 0.1) is 24.7 Å². The fraction of sp³-hybridized carbons (Fsp3) is 0.600. The fourth-order valence-electron chi connectivity index (χ4n) is 1.74. The van der Waals surface area contributed by atoms with Gasteiger partial charge in [0.05, 0.1) is 6.10 Å². The summed E-state index contributed by atoms with van der Waals surface area (Å²) in [5, 5.41) is 0.224. The van der Waals surface area contributed by atoms with Crippen LogP contribution in [-0.4, -0.2) is 14.4 Å². The van der Waals surface area contributed by atoms with Gasteiger partial charge in [-0.05, 0) is 18.1 Å². The average Bonchev–Trinajstić information content (AvgIpc) is 2.57. The molecule has 1 aliphatic carbocycles. The molecule has 0 spiro atoms. The molecule has 0 heterocycles. The third-order valence-corrected chi connectivity index (χ3v) is 8.38. The molecule has 0 radical (unpaired) electrons. The topological polar surface area (TPSA) is 9.23 Å². The highest BCUT2D eigenvalue weighted by atomic mass is 28.4. The van der Waals surface area contributed by atoms with Gasteiger partial charge in [0.25, 0.3) is 0 Å². The predicted molar refractivity (Wildman–Crippen MR) is 76.0 cm³/mol. The Labute approximate surface area is 107 Å². The Morgan fingerprint density at radius 1 is 1.12 bits per heavy atom. The number of rotatable bonds is 2. The Balaban J connectivity index is 2.73. The highest BCUT2D eigenvalue weighted by Crippen LogP contribution is 2.40. The van der Waals surface area contributed by atoms with Crippen molar-refractivity contribution in [3.8, 4) is 24.7 Å². The highest BCUT2D eigenvalue weighted by molar-refractivity contribution is 6.74. The summed E-state index contributed by atoms with van der Waals surface area (Å²) in [6.07, 6.45) is 12.7. The van der Waals surface area contributed by atoms with E-state index in [1.165, 1.54) is 0 Å². The van der Waals surface area contributed by atoms with Gasteiger partial charge in [-0.1, -0.05) is 32.6 Å². The van der Waals surface area contributed by atoms with Crippen molar-refractivity contribution >= 4 is 8.32 Å². The Kier molecular flexibility index (Phi) is 3.92. The quantitative estimate of drug-likeness (QED) is 0.533. The molecule has 0 saturated heterocycles. The van der Waals surface area contributed by atoms with Crippen LogP contribution in [0.25, 0.3) is 0 Å². The van der Waals surface area contributed by atoms with Crippen molar-refractivity contribution in [1.29, 1.82) is 0 Å². The maximum atomic E-state index is 6.33. The van der Waals surface area contributed by atoms with Crippen LogP contribution in [-0.2, 0) is 4.43 Å². The molecule has 0 aromatic heterocycles. The highest BCUT2D eigenvalue weighted by Gasteiger charge is 2.40. The predicted octanol–water partition coefficient (Wildman–Crippen LogP) is 3.73. The van der Waals surface area contributed by atoms with E-state index >= 15 is 0 Å². The van der Waals surface area contributed by atoms with E-state index in [0.717, 1.165) is 24.0 Å². The van der Waals surface area contributed by atoms with Gasteiger partial charge in [-0.2, -0.15) is 0 Å². The van der Waals surface area contributed by atoms with Gasteiger partial charge in [-0.25, -0.2) is 0 Å². The van der Waals surface area contributed by atoms with Crippen molar-refractivity contribution in [3.63, 3.8) is 0 Å². The van der Waals surface area contributed by atoms with Crippen molar-refractivity contribution in [2.24, 2.45) is 0 Å². The van der Waals surface area contributed by atoms with Gasteiger partial charge < -0.3 is 4.43 Å². The van der Waals surface area contributed by atoms with Crippen LogP contribution in [0.4, 0.5) is 0 Å². The molecule has 0 saturated carbocycles. The zero-order valence-corrected chi connectivity index (χ0v) is 12.6. The van der Waals surface area contributed by atoms with Gasteiger partial charge in [0, 0.05) is 24.0 Å². The van der Waals surface area contributed by atoms with Gasteiger partial charge >= 0.3 is 0 Å². The van der Waals surface area contributed by atoms with Crippen LogP contribution in [0.3, 0.4) is 0 Å². The van der Waals surface area contributed by atoms with Crippen LogP contribution >= 0.6 is 0 Å². The maximum Gasteiger partial charge on any atom is 0.192 e. The lowest BCUT2D eigenvalue weighted by molar-refractivity contribution is 0.192. The third kappa shape index (κ3) is 3.03. The first-order valence-electron chi connectivity index (χ1n) is 6.04. The first-order chi connectivity index (χ1) is 7.71. The van der Waals surface area contributed by atoms with Gasteiger partial charge in [0.1, 0.15) is 0 Å². The number of terminal acetylenes is 2. The first kappa shape index (κ1) is 14.1. The molecule has 1 aliphatic rings. The third-order valence-electron chi connectivity index (χ3n) is 3.84. The lowest BCUT2D eigenvalue weighted by atomic mass is 10.2. The van der Waals surface area contributed by atoms with Crippen molar-refractivity contribution in [2.75, 3.05) is 0 Å². The van der Waals surface area contributed by atoms with Crippen molar-refractivity contribution in [1.82, 2.24) is 0 Å². The minimum atomic E-state index is -1.72. The second-order valence-electron chi connectivity index (χ2n) is 6.15. The van der Waals surface area contributed by atoms with Crippen molar-refractivity contribution in [2.45, 2.75) is 57.8 Å². The van der Waals surface area contributed by atoms with Gasteiger partial charge in [-0.3, -0.25) is 0 Å². The molecular weight excluding hydrogens is 224 g/mol. The van der Waals surface area contributed by atoms with E-state index in [2.05, 4.69) is 45.7 Å². The molecule has 0 bridgehead atoms. The Bertz CT molecular complexity index is 384. The minimum absolute atomic E-state index is 0.188. The Morgan fingerprint density at radius 3 is 1.82 bits per heavy atom. The summed E-state index contributed by atoms with van der Waals surface area (Å²) < 4.78 is 6.33. The van der Waals surface area contributed by atoms with Crippen LogP contribution in [0.1, 0.15) is 33.6 Å². The second kappa shape index (κ2) is 4.73. The lowest BCUT2D eigenvalue weighted by Crippen LogP contribution is -2.43. The molecule has 1 nitrogen and oxygen atoms in total. The average molecular weight is 246 g/mol. The minimum Gasteiger partial charge on any atom is -0.413 e. The maximum absolute atomic E-state index is 6.33. The normalized spacial score (nSPS) is 18.1. The number of hydrogen-bond donors (Lipinski definition) is 0. The molecule has 0 aromatic carbocycles. The molecule has 0 unspecified atom stereocenters. The van der Waals surface area contributed by atoms with Gasteiger partial charge in [-0.15, -0.1) is 12.8 Å². The largest absolute Gasteiger partial charge is 0.413 e. The summed E-state index contributed by atoms with van der Waals surface area (Å²) in [5.74, 6) is 5.38. The second-order valence-corrected chi connectivity index (χ2v) is 10.9.